The van der Waals surface area contributed by atoms with E-state index in [-0.39, 0.29) is 11.8 Å². The van der Waals surface area contributed by atoms with Gasteiger partial charge in [0.25, 0.3) is 6.01 Å². The van der Waals surface area contributed by atoms with Crippen LogP contribution in [0.15, 0.2) is 10.7 Å². The molecule has 12 heavy (non-hydrogen) atoms. The zero-order chi connectivity index (χ0) is 9.14. The third kappa shape index (κ3) is 2.08. The van der Waals surface area contributed by atoms with Crippen molar-refractivity contribution in [1.29, 1.82) is 0 Å². The van der Waals surface area contributed by atoms with Gasteiger partial charge in [-0.15, -0.1) is 0 Å². The average Bonchev–Trinajstić information content (AvgIpc) is 2.34. The number of anilines is 1. The maximum atomic E-state index is 10.8. The standard InChI is InChI=1S/C8H12N2O2/c1-5(2)9-8-10-7(4-12-8)6(3)11/h4-5H,1-3H3,(H,9,10). The number of oxazole rings is 1. The fraction of sp³-hybridized carbons (Fsp3) is 0.500. The van der Waals surface area contributed by atoms with Crippen molar-refractivity contribution in [2.75, 3.05) is 5.32 Å². The second kappa shape index (κ2) is 3.38. The van der Waals surface area contributed by atoms with E-state index in [9.17, 15) is 4.79 Å². The van der Waals surface area contributed by atoms with E-state index in [0.29, 0.717) is 11.7 Å². The highest BCUT2D eigenvalue weighted by molar-refractivity contribution is 5.91. The van der Waals surface area contributed by atoms with Gasteiger partial charge in [-0.1, -0.05) is 0 Å². The fourth-order valence-corrected chi connectivity index (χ4v) is 0.749. The van der Waals surface area contributed by atoms with E-state index in [4.69, 9.17) is 4.42 Å². The Labute approximate surface area is 71.0 Å². The predicted molar refractivity (Wildman–Crippen MR) is 45.3 cm³/mol. The van der Waals surface area contributed by atoms with Crippen LogP contribution in [0.5, 0.6) is 0 Å². The van der Waals surface area contributed by atoms with Gasteiger partial charge in [-0.3, -0.25) is 4.79 Å². The molecule has 0 saturated heterocycles. The van der Waals surface area contributed by atoms with E-state index < -0.39 is 0 Å². The van der Waals surface area contributed by atoms with Gasteiger partial charge < -0.3 is 9.73 Å². The third-order valence-electron chi connectivity index (χ3n) is 1.28. The van der Waals surface area contributed by atoms with Crippen molar-refractivity contribution in [3.8, 4) is 0 Å². The van der Waals surface area contributed by atoms with Gasteiger partial charge in [0.2, 0.25) is 0 Å². The molecule has 0 amide bonds. The molecular formula is C8H12N2O2. The van der Waals surface area contributed by atoms with Crippen LogP contribution in [0.1, 0.15) is 31.3 Å². The van der Waals surface area contributed by atoms with Gasteiger partial charge in [-0.25, -0.2) is 0 Å². The van der Waals surface area contributed by atoms with Crippen LogP contribution in [0, 0.1) is 0 Å². The number of Topliss-reactive ketones (excluding diaryl/α,β-unsaturated/α-hetero) is 1. The summed E-state index contributed by atoms with van der Waals surface area (Å²) in [7, 11) is 0. The number of carbonyl (C=O) groups excluding carboxylic acids is 1. The number of hydrogen-bond acceptors (Lipinski definition) is 4. The summed E-state index contributed by atoms with van der Waals surface area (Å²) in [4.78, 5) is 14.7. The molecule has 4 heteroatoms. The zero-order valence-corrected chi connectivity index (χ0v) is 7.42. The first kappa shape index (κ1) is 8.77. The molecule has 0 radical (unpaired) electrons. The second-order valence-corrected chi connectivity index (χ2v) is 2.89. The summed E-state index contributed by atoms with van der Waals surface area (Å²) in [6.45, 7) is 5.40. The molecule has 0 aliphatic carbocycles. The Morgan fingerprint density at radius 2 is 2.33 bits per heavy atom. The highest BCUT2D eigenvalue weighted by Crippen LogP contribution is 2.08. The molecule has 66 valence electrons. The smallest absolute Gasteiger partial charge is 0.295 e. The molecule has 0 unspecified atom stereocenters. The van der Waals surface area contributed by atoms with Gasteiger partial charge in [-0.05, 0) is 13.8 Å². The van der Waals surface area contributed by atoms with Gasteiger partial charge in [0.15, 0.2) is 5.78 Å². The summed E-state index contributed by atoms with van der Waals surface area (Å²) in [5, 5.41) is 2.95. The third-order valence-corrected chi connectivity index (χ3v) is 1.28. The first-order valence-corrected chi connectivity index (χ1v) is 3.82. The molecule has 0 bridgehead atoms. The monoisotopic (exact) mass is 168 g/mol. The molecule has 0 spiro atoms. The lowest BCUT2D eigenvalue weighted by Gasteiger charge is -2.02. The van der Waals surface area contributed by atoms with E-state index in [1.165, 1.54) is 13.2 Å². The molecule has 0 aliphatic rings. The second-order valence-electron chi connectivity index (χ2n) is 2.89. The molecule has 1 N–H and O–H groups in total. The molecule has 0 fully saturated rings. The summed E-state index contributed by atoms with van der Waals surface area (Å²) in [5.74, 6) is -0.0874. The lowest BCUT2D eigenvalue weighted by molar-refractivity contribution is 0.101. The molecule has 1 aromatic heterocycles. The van der Waals surface area contributed by atoms with Crippen LogP contribution in [0.4, 0.5) is 6.01 Å². The number of ketones is 1. The van der Waals surface area contributed by atoms with Crippen LogP contribution in [0.3, 0.4) is 0 Å². The minimum absolute atomic E-state index is 0.0874. The Morgan fingerprint density at radius 1 is 1.67 bits per heavy atom. The average molecular weight is 168 g/mol. The number of hydrogen-bond donors (Lipinski definition) is 1. The summed E-state index contributed by atoms with van der Waals surface area (Å²) >= 11 is 0. The van der Waals surface area contributed by atoms with Gasteiger partial charge in [0.05, 0.1) is 0 Å². The maximum Gasteiger partial charge on any atom is 0.295 e. The van der Waals surface area contributed by atoms with E-state index >= 15 is 0 Å². The Bertz CT molecular complexity index is 278. The van der Waals surface area contributed by atoms with Crippen molar-refractivity contribution in [3.63, 3.8) is 0 Å². The van der Waals surface area contributed by atoms with Crippen LogP contribution in [-0.2, 0) is 0 Å². The van der Waals surface area contributed by atoms with Crippen molar-refractivity contribution >= 4 is 11.8 Å². The number of nitrogens with one attached hydrogen (secondary N) is 1. The maximum absolute atomic E-state index is 10.8. The number of aromatic nitrogens is 1. The lowest BCUT2D eigenvalue weighted by Crippen LogP contribution is -2.09. The Morgan fingerprint density at radius 3 is 2.75 bits per heavy atom. The summed E-state index contributed by atoms with van der Waals surface area (Å²) in [5.41, 5.74) is 0.359. The summed E-state index contributed by atoms with van der Waals surface area (Å²) in [6.07, 6.45) is 1.35. The molecule has 4 nitrogen and oxygen atoms in total. The van der Waals surface area contributed by atoms with Gasteiger partial charge >= 0.3 is 0 Å². The van der Waals surface area contributed by atoms with Gasteiger partial charge in [-0.2, -0.15) is 4.98 Å². The first-order valence-electron chi connectivity index (χ1n) is 3.82. The summed E-state index contributed by atoms with van der Waals surface area (Å²) in [6, 6.07) is 0.652. The predicted octanol–water partition coefficient (Wildman–Crippen LogP) is 1.70. The Balaban J connectivity index is 2.71. The van der Waals surface area contributed by atoms with Crippen LogP contribution < -0.4 is 5.32 Å². The van der Waals surface area contributed by atoms with E-state index in [0.717, 1.165) is 0 Å². The number of carbonyl (C=O) groups is 1. The van der Waals surface area contributed by atoms with Crippen molar-refractivity contribution in [3.05, 3.63) is 12.0 Å². The highest BCUT2D eigenvalue weighted by Gasteiger charge is 2.07. The SMILES string of the molecule is CC(=O)c1coc(NC(C)C)n1. The zero-order valence-electron chi connectivity index (χ0n) is 7.42. The van der Waals surface area contributed by atoms with E-state index in [1.807, 2.05) is 13.8 Å². The lowest BCUT2D eigenvalue weighted by atomic mass is 10.3. The molecule has 1 aromatic rings. The Hall–Kier alpha value is -1.32. The van der Waals surface area contributed by atoms with Gasteiger partial charge in [0.1, 0.15) is 12.0 Å². The molecule has 0 atom stereocenters. The Kier molecular flexibility index (Phi) is 2.47. The minimum Gasteiger partial charge on any atom is -0.431 e. The molecule has 1 rings (SSSR count). The van der Waals surface area contributed by atoms with Crippen LogP contribution in [0.2, 0.25) is 0 Å². The van der Waals surface area contributed by atoms with Crippen LogP contribution in [0.25, 0.3) is 0 Å². The number of rotatable bonds is 3. The van der Waals surface area contributed by atoms with E-state index in [1.54, 1.807) is 0 Å². The van der Waals surface area contributed by atoms with Crippen LogP contribution in [-0.4, -0.2) is 16.8 Å². The molecule has 1 heterocycles. The van der Waals surface area contributed by atoms with Gasteiger partial charge in [0, 0.05) is 13.0 Å². The minimum atomic E-state index is -0.0874. The molecule has 0 saturated carbocycles. The van der Waals surface area contributed by atoms with Crippen molar-refractivity contribution in [2.24, 2.45) is 0 Å². The highest BCUT2D eigenvalue weighted by atomic mass is 16.4. The van der Waals surface area contributed by atoms with E-state index in [2.05, 4.69) is 10.3 Å². The molecule has 0 aliphatic heterocycles. The fourth-order valence-electron chi connectivity index (χ4n) is 0.749. The molecular weight excluding hydrogens is 156 g/mol. The quantitative estimate of drug-likeness (QED) is 0.698. The molecule has 0 aromatic carbocycles. The largest absolute Gasteiger partial charge is 0.431 e. The number of nitrogens with zero attached hydrogens (tertiary/aromatic N) is 1. The van der Waals surface area contributed by atoms with Crippen molar-refractivity contribution in [2.45, 2.75) is 26.8 Å². The normalized spacial score (nSPS) is 10.3. The topological polar surface area (TPSA) is 55.1 Å². The summed E-state index contributed by atoms with van der Waals surface area (Å²) < 4.78 is 4.99. The van der Waals surface area contributed by atoms with Crippen molar-refractivity contribution in [1.82, 2.24) is 4.98 Å². The first-order chi connectivity index (χ1) is 5.59. The van der Waals surface area contributed by atoms with Crippen LogP contribution >= 0.6 is 0 Å². The van der Waals surface area contributed by atoms with Crippen molar-refractivity contribution < 1.29 is 9.21 Å².